The van der Waals surface area contributed by atoms with Gasteiger partial charge in [-0.25, -0.2) is 0 Å². The van der Waals surface area contributed by atoms with Crippen molar-refractivity contribution in [3.8, 4) is 0 Å². The molecule has 14 amide bonds. The highest BCUT2D eigenvalue weighted by Crippen LogP contribution is 2.18. The van der Waals surface area contributed by atoms with E-state index in [1.807, 2.05) is 0 Å². The van der Waals surface area contributed by atoms with Crippen LogP contribution in [0.5, 0.6) is 0 Å². The SMILES string of the molecule is CCCCCCCCCCCC(=O)NC(CCCC[NH3+])C(=O)NCCCCCCCC(=O)NC(CCCC[NH3+])C(=O)NCCCCCCCC(=O)NC(CCCC[NH3+])C(=O)NCCCCCCCC(=O)NC(CCCC[NH3+])C(=O)NCCCCCCCC(=O)NC(CCCC[NH3+])C(=O)NCCCCCCCC(=O)NC(CCCC[NH3+])C(=O)NCCCCCCCC(=O)NC(CCCC[NH3+])C(N)=O. The Hall–Kier alpha value is -7.70. The van der Waals surface area contributed by atoms with Crippen molar-refractivity contribution in [3.63, 3.8) is 0 Å². The molecule has 0 saturated carbocycles. The van der Waals surface area contributed by atoms with E-state index in [0.29, 0.717) is 168 Å². The number of amides is 14. The first kappa shape index (κ1) is 129. The Bertz CT molecular complexity index is 3060. The topological polar surface area (TPSA) is 615 Å². The number of quaternary nitrogens is 7. The Morgan fingerprint density at radius 3 is 0.453 bits per heavy atom. The van der Waals surface area contributed by atoms with Gasteiger partial charge in [-0.2, -0.15) is 0 Å². The molecular weight excluding hydrogens is 1740 g/mol. The number of hydrogen-bond donors (Lipinski definition) is 21. The first-order chi connectivity index (χ1) is 66.5. The second-order valence-electron chi connectivity index (χ2n) is 38.1. The van der Waals surface area contributed by atoms with E-state index in [2.05, 4.69) is 116 Å². The van der Waals surface area contributed by atoms with Gasteiger partial charge in [0.2, 0.25) is 82.7 Å². The van der Waals surface area contributed by atoms with Gasteiger partial charge in [-0.1, -0.05) is 174 Å². The Morgan fingerprint density at radius 2 is 0.307 bits per heavy atom. The molecule has 35 nitrogen and oxygen atoms in total. The zero-order valence-corrected chi connectivity index (χ0v) is 86.4. The number of nitrogens with two attached hydrogens (primary N) is 1. The molecule has 0 heterocycles. The van der Waals surface area contributed by atoms with E-state index in [9.17, 15) is 67.1 Å². The smallest absolute Gasteiger partial charge is 0.242 e. The van der Waals surface area contributed by atoms with E-state index in [-0.39, 0.29) is 76.8 Å². The Morgan fingerprint density at radius 1 is 0.175 bits per heavy atom. The molecule has 0 aliphatic carbocycles. The normalized spacial score (nSPS) is 12.8. The summed E-state index contributed by atoms with van der Waals surface area (Å²) in [4.78, 5) is 182. The van der Waals surface area contributed by atoms with Crippen molar-refractivity contribution >= 4 is 82.7 Å². The summed E-state index contributed by atoms with van der Waals surface area (Å²) in [5, 5.41) is 38.8. The molecule has 35 heteroatoms. The lowest BCUT2D eigenvalue weighted by Crippen LogP contribution is -2.50. The molecule has 7 atom stereocenters. The van der Waals surface area contributed by atoms with Gasteiger partial charge in [-0.05, 0) is 218 Å². The molecule has 0 aliphatic heterocycles. The van der Waals surface area contributed by atoms with Gasteiger partial charge < -0.3 is 115 Å². The minimum Gasteiger partial charge on any atom is -0.368 e. The van der Waals surface area contributed by atoms with Crippen LogP contribution < -0.4 is 115 Å². The van der Waals surface area contributed by atoms with Crippen LogP contribution in [0.2, 0.25) is 0 Å². The third-order valence-corrected chi connectivity index (χ3v) is 25.3. The summed E-state index contributed by atoms with van der Waals surface area (Å²) in [5.41, 5.74) is 32.9. The van der Waals surface area contributed by atoms with E-state index in [0.717, 1.165) is 309 Å². The summed E-state index contributed by atoms with van der Waals surface area (Å²) >= 11 is 0. The molecule has 0 spiro atoms. The number of carbonyl (C=O) groups is 14. The predicted molar refractivity (Wildman–Crippen MR) is 540 cm³/mol. The number of nitrogens with one attached hydrogen (secondary N) is 13. The fourth-order valence-electron chi connectivity index (χ4n) is 16.7. The molecule has 0 fully saturated rings. The third kappa shape index (κ3) is 79.6. The second-order valence-corrected chi connectivity index (χ2v) is 38.1. The molecule has 0 aromatic heterocycles. The van der Waals surface area contributed by atoms with Crippen molar-refractivity contribution in [3.05, 3.63) is 0 Å². The maximum atomic E-state index is 13.4. The van der Waals surface area contributed by atoms with Crippen LogP contribution in [-0.4, -0.2) is 210 Å². The van der Waals surface area contributed by atoms with Gasteiger partial charge in [0.05, 0.1) is 45.8 Å². The standard InChI is InChI=1S/C102H199N21O14/c1-2-3-4-5-6-7-8-15-28-63-90(125)118-83(56-36-43-70-104)97(132)112-77-50-23-10-17-30-65-92(127)120-85(58-38-45-72-106)99(134)114-79-52-25-12-19-32-67-94(129)122-87(60-40-47-74-108)101(136)116-81-54-27-14-21-34-68-95(130)123-88(61-41-48-75-109)102(137)115-80-53-26-13-20-33-66-93(128)121-86(59-39-46-73-107)100(135)113-78-51-24-11-18-31-64-91(126)119-84(57-37-44-71-105)98(133)111-76-49-22-9-16-29-62-89(124)117-82(96(110)131)55-35-42-69-103/h82-88H,2-81,103-109H2,1H3,(H2,110,131)(H,111,133)(H,112,132)(H,113,135)(H,114,134)(H,115,137)(H,116,136)(H,117,124)(H,118,125)(H,119,126)(H,120,127)(H,121,128)(H,122,129)(H,123,130)/p+7. The predicted octanol–water partition coefficient (Wildman–Crippen LogP) is 4.41. The quantitative estimate of drug-likeness (QED) is 0.0375. The summed E-state index contributed by atoms with van der Waals surface area (Å²) < 4.78 is 0. The minimum absolute atomic E-state index is 0.0551. The summed E-state index contributed by atoms with van der Waals surface area (Å²) in [6.07, 6.45) is 52.5. The van der Waals surface area contributed by atoms with E-state index in [4.69, 9.17) is 5.73 Å². The number of rotatable bonds is 100. The molecule has 0 radical (unpaired) electrons. The molecule has 0 saturated heterocycles. The van der Waals surface area contributed by atoms with E-state index in [1.165, 1.54) is 38.5 Å². The third-order valence-electron chi connectivity index (χ3n) is 25.3. The highest BCUT2D eigenvalue weighted by molar-refractivity contribution is 5.91. The van der Waals surface area contributed by atoms with E-state index < -0.39 is 48.2 Å². The average Bonchev–Trinajstić information content (AvgIpc) is 0.927. The van der Waals surface area contributed by atoms with Crippen LogP contribution in [0.1, 0.15) is 437 Å². The number of unbranched alkanes of at least 4 members (excludes halogenated alkanes) is 39. The van der Waals surface area contributed by atoms with Crippen molar-refractivity contribution in [1.29, 1.82) is 0 Å². The molecular formula is C102H206N21O14+7. The molecule has 0 aliphatic rings. The maximum absolute atomic E-state index is 13.4. The first-order valence-corrected chi connectivity index (χ1v) is 55.1. The minimum atomic E-state index is -0.652. The lowest BCUT2D eigenvalue weighted by molar-refractivity contribution is -0.368. The van der Waals surface area contributed by atoms with Crippen molar-refractivity contribution < 1.29 is 107 Å². The van der Waals surface area contributed by atoms with Crippen LogP contribution in [0.3, 0.4) is 0 Å². The fraction of sp³-hybridized carbons (Fsp3) is 0.863. The van der Waals surface area contributed by atoms with Crippen LogP contribution in [0.15, 0.2) is 0 Å². The van der Waals surface area contributed by atoms with E-state index >= 15 is 0 Å². The Kier molecular flexibility index (Phi) is 89.2. The van der Waals surface area contributed by atoms with Gasteiger partial charge in [0.15, 0.2) is 0 Å². The lowest BCUT2D eigenvalue weighted by atomic mass is 10.1. The zero-order valence-electron chi connectivity index (χ0n) is 86.4. The maximum Gasteiger partial charge on any atom is 0.242 e. The van der Waals surface area contributed by atoms with Gasteiger partial charge >= 0.3 is 0 Å². The molecule has 7 unspecified atom stereocenters. The summed E-state index contributed by atoms with van der Waals surface area (Å²) in [6.45, 7) is 10.4. The van der Waals surface area contributed by atoms with Crippen LogP contribution >= 0.6 is 0 Å². The molecule has 0 bridgehead atoms. The summed E-state index contributed by atoms with van der Waals surface area (Å²) in [7, 11) is 0. The molecule has 36 N–H and O–H groups in total. The Balaban J connectivity index is 4.66. The lowest BCUT2D eigenvalue weighted by Gasteiger charge is -2.19. The number of hydrogen-bond acceptors (Lipinski definition) is 14. The Labute approximate surface area is 825 Å². The van der Waals surface area contributed by atoms with Crippen molar-refractivity contribution in [1.82, 2.24) is 69.1 Å². The molecule has 796 valence electrons. The van der Waals surface area contributed by atoms with Crippen molar-refractivity contribution in [2.45, 2.75) is 479 Å². The monoisotopic (exact) mass is 1950 g/mol. The van der Waals surface area contributed by atoms with Crippen LogP contribution in [-0.2, 0) is 67.1 Å². The van der Waals surface area contributed by atoms with Crippen LogP contribution in [0, 0.1) is 0 Å². The molecule has 0 aromatic carbocycles. The highest BCUT2D eigenvalue weighted by atomic mass is 16.2. The van der Waals surface area contributed by atoms with Gasteiger partial charge in [0.25, 0.3) is 0 Å². The average molecular weight is 1950 g/mol. The fourth-order valence-corrected chi connectivity index (χ4v) is 16.7. The van der Waals surface area contributed by atoms with Crippen molar-refractivity contribution in [2.75, 3.05) is 85.1 Å². The summed E-state index contributed by atoms with van der Waals surface area (Å²) in [6, 6.07) is -4.30. The molecule has 0 aromatic rings. The van der Waals surface area contributed by atoms with Gasteiger partial charge in [0.1, 0.15) is 42.3 Å². The molecule has 137 heavy (non-hydrogen) atoms. The van der Waals surface area contributed by atoms with E-state index in [1.54, 1.807) is 0 Å². The zero-order chi connectivity index (χ0) is 101. The first-order valence-electron chi connectivity index (χ1n) is 55.1. The van der Waals surface area contributed by atoms with Gasteiger partial charge in [-0.3, -0.25) is 67.1 Å². The largest absolute Gasteiger partial charge is 0.368 e. The second kappa shape index (κ2) is 94.5. The van der Waals surface area contributed by atoms with Gasteiger partial charge in [-0.15, -0.1) is 0 Å². The van der Waals surface area contributed by atoms with Gasteiger partial charge in [0, 0.05) is 84.2 Å². The van der Waals surface area contributed by atoms with Crippen LogP contribution in [0.25, 0.3) is 0 Å². The van der Waals surface area contributed by atoms with Crippen LogP contribution in [0.4, 0.5) is 0 Å². The molecule has 0 rings (SSSR count). The summed E-state index contributed by atoms with van der Waals surface area (Å²) in [5.74, 6) is -2.59. The number of primary amides is 1. The van der Waals surface area contributed by atoms with Crippen molar-refractivity contribution in [2.24, 2.45) is 5.73 Å². The highest BCUT2D eigenvalue weighted by Gasteiger charge is 2.28. The number of carbonyl (C=O) groups excluding carboxylic acids is 14.